The minimum atomic E-state index is -4.88. The van der Waals surface area contributed by atoms with E-state index in [4.69, 9.17) is 0 Å². The fraction of sp³-hybridized carbons (Fsp3) is 0.231. The van der Waals surface area contributed by atoms with Gasteiger partial charge in [-0.15, -0.1) is 13.2 Å². The van der Waals surface area contributed by atoms with Crippen LogP contribution in [-0.2, 0) is 21.0 Å². The van der Waals surface area contributed by atoms with Crippen molar-refractivity contribution < 1.29 is 26.1 Å². The summed E-state index contributed by atoms with van der Waals surface area (Å²) in [5.74, 6) is -0.151. The summed E-state index contributed by atoms with van der Waals surface area (Å²) in [5.41, 5.74) is -4.76. The molecule has 2 rings (SSSR count). The second-order valence-corrected chi connectivity index (χ2v) is 8.07. The minimum absolute atomic E-state index is 0.0405. The lowest BCUT2D eigenvalue weighted by molar-refractivity contribution is -0.0435. The van der Waals surface area contributed by atoms with Crippen molar-refractivity contribution in [3.8, 4) is 11.4 Å². The zero-order valence-corrected chi connectivity index (χ0v) is 13.4. The molecule has 0 aromatic carbocycles. The van der Waals surface area contributed by atoms with Gasteiger partial charge in [0.05, 0.1) is 22.5 Å². The van der Waals surface area contributed by atoms with Gasteiger partial charge in [-0.05, 0) is 24.3 Å². The molecule has 10 heteroatoms. The highest BCUT2D eigenvalue weighted by Crippen LogP contribution is 2.31. The highest BCUT2D eigenvalue weighted by molar-refractivity contribution is 7.92. The number of pyridine rings is 2. The maximum Gasteiger partial charge on any atom is 0.578 e. The molecule has 0 aliphatic carbocycles. The van der Waals surface area contributed by atoms with Crippen LogP contribution in [0.3, 0.4) is 0 Å². The summed E-state index contributed by atoms with van der Waals surface area (Å²) in [6.45, 7) is 1.47. The van der Waals surface area contributed by atoms with E-state index < -0.39 is 31.4 Å². The van der Waals surface area contributed by atoms with Crippen LogP contribution in [0.4, 0.5) is 13.2 Å². The van der Waals surface area contributed by atoms with Crippen molar-refractivity contribution in [2.45, 2.75) is 22.2 Å². The average Bonchev–Trinajstić information content (AvgIpc) is 2.53. The second-order valence-electron chi connectivity index (χ2n) is 4.35. The molecule has 23 heavy (non-hydrogen) atoms. The molecule has 1 atom stereocenters. The first-order valence-corrected chi connectivity index (χ1v) is 9.10. The van der Waals surface area contributed by atoms with Gasteiger partial charge in [-0.2, -0.15) is 0 Å². The lowest BCUT2D eigenvalue weighted by Gasteiger charge is -2.12. The maximum atomic E-state index is 12.4. The van der Waals surface area contributed by atoms with Crippen molar-refractivity contribution in [1.29, 1.82) is 0 Å². The van der Waals surface area contributed by atoms with E-state index in [2.05, 4.69) is 9.97 Å². The molecule has 2 aromatic heterocycles. The first-order chi connectivity index (χ1) is 10.7. The SMILES string of the molecule is CCS(=O)(=O)c1cccnc1-c1ccc([S+]([O-])C(F)(F)F)cn1. The van der Waals surface area contributed by atoms with E-state index in [0.717, 1.165) is 18.3 Å². The van der Waals surface area contributed by atoms with Gasteiger partial charge >= 0.3 is 5.51 Å². The van der Waals surface area contributed by atoms with Gasteiger partial charge in [0.15, 0.2) is 14.7 Å². The molecule has 0 aliphatic heterocycles. The molecule has 0 aliphatic rings. The topological polar surface area (TPSA) is 83.0 Å². The highest BCUT2D eigenvalue weighted by atomic mass is 32.2. The molecule has 2 heterocycles. The quantitative estimate of drug-likeness (QED) is 0.779. The predicted molar refractivity (Wildman–Crippen MR) is 77.7 cm³/mol. The molecule has 0 spiro atoms. The van der Waals surface area contributed by atoms with Crippen LogP contribution in [0, 0.1) is 0 Å². The van der Waals surface area contributed by atoms with Crippen molar-refractivity contribution in [3.63, 3.8) is 0 Å². The van der Waals surface area contributed by atoms with Crippen LogP contribution in [0.15, 0.2) is 46.5 Å². The standard InChI is InChI=1S/C13H11F3N2O3S2/c1-2-23(20,21)11-4-3-7-17-12(11)10-6-5-9(8-18-10)22(19)13(14,15)16/h3-8H,2H2,1H3. The second kappa shape index (κ2) is 6.46. The van der Waals surface area contributed by atoms with Gasteiger partial charge in [-0.25, -0.2) is 13.4 Å². The zero-order valence-electron chi connectivity index (χ0n) is 11.7. The van der Waals surface area contributed by atoms with Gasteiger partial charge in [0, 0.05) is 6.20 Å². The molecule has 0 radical (unpaired) electrons. The Kier molecular flexibility index (Phi) is 4.97. The molecule has 0 saturated carbocycles. The number of hydrogen-bond donors (Lipinski definition) is 0. The van der Waals surface area contributed by atoms with Crippen LogP contribution in [0.2, 0.25) is 0 Å². The summed E-state index contributed by atoms with van der Waals surface area (Å²) >= 11 is -3.19. The van der Waals surface area contributed by atoms with Gasteiger partial charge in [-0.3, -0.25) is 4.98 Å². The number of sulfone groups is 1. The number of nitrogens with zero attached hydrogens (tertiary/aromatic N) is 2. The monoisotopic (exact) mass is 364 g/mol. The molecule has 0 saturated heterocycles. The molecule has 124 valence electrons. The van der Waals surface area contributed by atoms with Crippen molar-refractivity contribution in [1.82, 2.24) is 9.97 Å². The van der Waals surface area contributed by atoms with Crippen LogP contribution in [0.25, 0.3) is 11.4 Å². The summed E-state index contributed by atoms with van der Waals surface area (Å²) in [6.07, 6.45) is 2.16. The van der Waals surface area contributed by atoms with E-state index in [0.29, 0.717) is 0 Å². The molecule has 1 unspecified atom stereocenters. The summed E-state index contributed by atoms with van der Waals surface area (Å²) in [4.78, 5) is 7.15. The van der Waals surface area contributed by atoms with E-state index in [-0.39, 0.29) is 22.0 Å². The first kappa shape index (κ1) is 17.7. The van der Waals surface area contributed by atoms with E-state index in [1.54, 1.807) is 0 Å². The van der Waals surface area contributed by atoms with Gasteiger partial charge < -0.3 is 4.55 Å². The first-order valence-electron chi connectivity index (χ1n) is 6.29. The highest BCUT2D eigenvalue weighted by Gasteiger charge is 2.46. The Labute approximate surface area is 133 Å². The molecular weight excluding hydrogens is 353 g/mol. The summed E-state index contributed by atoms with van der Waals surface area (Å²) in [5, 5.41) is 0. The predicted octanol–water partition coefficient (Wildman–Crippen LogP) is 2.56. The van der Waals surface area contributed by atoms with Gasteiger partial charge in [0.1, 0.15) is 16.9 Å². The average molecular weight is 364 g/mol. The third kappa shape index (κ3) is 3.82. The van der Waals surface area contributed by atoms with Crippen molar-refractivity contribution in [3.05, 3.63) is 36.7 Å². The molecule has 0 bridgehead atoms. The van der Waals surface area contributed by atoms with E-state index in [9.17, 15) is 26.1 Å². The third-order valence-corrected chi connectivity index (χ3v) is 5.74. The molecule has 5 nitrogen and oxygen atoms in total. The fourth-order valence-electron chi connectivity index (χ4n) is 1.75. The Balaban J connectivity index is 2.46. The minimum Gasteiger partial charge on any atom is -0.604 e. The molecule has 0 fully saturated rings. The van der Waals surface area contributed by atoms with Crippen molar-refractivity contribution >= 4 is 21.0 Å². The summed E-state index contributed by atoms with van der Waals surface area (Å²) in [6, 6.07) is 4.95. The number of aromatic nitrogens is 2. The maximum absolute atomic E-state index is 12.4. The van der Waals surface area contributed by atoms with Crippen molar-refractivity contribution in [2.24, 2.45) is 0 Å². The Morgan fingerprint density at radius 3 is 2.43 bits per heavy atom. The smallest absolute Gasteiger partial charge is 0.578 e. The Bertz CT molecular complexity index is 793. The molecular formula is C13H11F3N2O3S2. The van der Waals surface area contributed by atoms with Gasteiger partial charge in [-0.1, -0.05) is 6.92 Å². The normalized spacial score (nSPS) is 13.8. The van der Waals surface area contributed by atoms with Crippen LogP contribution in [0.1, 0.15) is 6.92 Å². The number of rotatable bonds is 4. The Morgan fingerprint density at radius 2 is 1.91 bits per heavy atom. The van der Waals surface area contributed by atoms with E-state index >= 15 is 0 Å². The lowest BCUT2D eigenvalue weighted by atomic mass is 10.2. The largest absolute Gasteiger partial charge is 0.604 e. The number of halogens is 3. The van der Waals surface area contributed by atoms with Crippen LogP contribution < -0.4 is 0 Å². The Morgan fingerprint density at radius 1 is 1.22 bits per heavy atom. The zero-order chi connectivity index (χ0) is 17.3. The molecule has 2 aromatic rings. The third-order valence-electron chi connectivity index (χ3n) is 2.89. The van der Waals surface area contributed by atoms with Crippen molar-refractivity contribution in [2.75, 3.05) is 5.75 Å². The number of hydrogen-bond acceptors (Lipinski definition) is 5. The van der Waals surface area contributed by atoms with Gasteiger partial charge in [0.25, 0.3) is 0 Å². The van der Waals surface area contributed by atoms with E-state index in [1.165, 1.54) is 25.3 Å². The van der Waals surface area contributed by atoms with Crippen LogP contribution in [0.5, 0.6) is 0 Å². The Hall–Kier alpha value is -1.65. The molecule has 0 N–H and O–H groups in total. The van der Waals surface area contributed by atoms with E-state index in [1.807, 2.05) is 0 Å². The molecule has 0 amide bonds. The van der Waals surface area contributed by atoms with Crippen LogP contribution in [-0.4, -0.2) is 34.2 Å². The lowest BCUT2D eigenvalue weighted by Crippen LogP contribution is -2.23. The van der Waals surface area contributed by atoms with Gasteiger partial charge in [0.2, 0.25) is 0 Å². The summed E-state index contributed by atoms with van der Waals surface area (Å²) in [7, 11) is -3.57. The van der Waals surface area contributed by atoms with Crippen LogP contribution >= 0.6 is 0 Å². The number of alkyl halides is 3. The fourth-order valence-corrected chi connectivity index (χ4v) is 3.41. The summed E-state index contributed by atoms with van der Waals surface area (Å²) < 4.78 is 72.5.